The van der Waals surface area contributed by atoms with Gasteiger partial charge in [0, 0.05) is 13.0 Å². The molecule has 0 atom stereocenters. The molecule has 0 unspecified atom stereocenters. The van der Waals surface area contributed by atoms with E-state index in [0.29, 0.717) is 30.2 Å². The standard InChI is InChI=1S/C19H31NO4/c1-5-6-7-8-9-10-11-18(21)20-14-15-12-16(22-2)19(24-4)17(13-15)23-3/h12-13H,5-11,14H2,1-4H3,(H,20,21). The molecule has 136 valence electrons. The molecule has 1 rings (SSSR count). The highest BCUT2D eigenvalue weighted by Gasteiger charge is 2.13. The van der Waals surface area contributed by atoms with Crippen LogP contribution in [0, 0.1) is 0 Å². The molecule has 0 bridgehead atoms. The van der Waals surface area contributed by atoms with Crippen molar-refractivity contribution in [2.75, 3.05) is 21.3 Å². The summed E-state index contributed by atoms with van der Waals surface area (Å²) in [6, 6.07) is 3.71. The molecule has 0 spiro atoms. The Labute approximate surface area is 145 Å². The summed E-state index contributed by atoms with van der Waals surface area (Å²) in [5.74, 6) is 1.83. The molecule has 0 saturated carbocycles. The number of rotatable bonds is 12. The second kappa shape index (κ2) is 11.6. The predicted molar refractivity (Wildman–Crippen MR) is 95.9 cm³/mol. The number of ether oxygens (including phenoxy) is 3. The van der Waals surface area contributed by atoms with Crippen LogP contribution in [0.1, 0.15) is 57.4 Å². The molecule has 0 heterocycles. The summed E-state index contributed by atoms with van der Waals surface area (Å²) in [7, 11) is 4.73. The average molecular weight is 337 g/mol. The van der Waals surface area contributed by atoms with Gasteiger partial charge < -0.3 is 19.5 Å². The lowest BCUT2D eigenvalue weighted by Crippen LogP contribution is -2.22. The fraction of sp³-hybridized carbons (Fsp3) is 0.632. The summed E-state index contributed by atoms with van der Waals surface area (Å²) in [5.41, 5.74) is 0.917. The Balaban J connectivity index is 2.45. The summed E-state index contributed by atoms with van der Waals surface area (Å²) < 4.78 is 15.9. The van der Waals surface area contributed by atoms with Crippen LogP contribution >= 0.6 is 0 Å². The maximum atomic E-state index is 11.9. The van der Waals surface area contributed by atoms with Gasteiger partial charge in [-0.15, -0.1) is 0 Å². The monoisotopic (exact) mass is 337 g/mol. The Kier molecular flexibility index (Phi) is 9.73. The van der Waals surface area contributed by atoms with Gasteiger partial charge in [0.2, 0.25) is 11.7 Å². The van der Waals surface area contributed by atoms with Crippen LogP contribution in [-0.2, 0) is 11.3 Å². The highest BCUT2D eigenvalue weighted by Crippen LogP contribution is 2.38. The Hall–Kier alpha value is -1.91. The minimum Gasteiger partial charge on any atom is -0.493 e. The van der Waals surface area contributed by atoms with Gasteiger partial charge in [-0.05, 0) is 24.1 Å². The van der Waals surface area contributed by atoms with E-state index in [0.717, 1.165) is 18.4 Å². The zero-order valence-corrected chi connectivity index (χ0v) is 15.4. The summed E-state index contributed by atoms with van der Waals surface area (Å²) in [4.78, 5) is 11.9. The largest absolute Gasteiger partial charge is 0.493 e. The minimum atomic E-state index is 0.0826. The third kappa shape index (κ3) is 6.69. The first-order valence-electron chi connectivity index (χ1n) is 8.71. The van der Waals surface area contributed by atoms with Gasteiger partial charge in [-0.25, -0.2) is 0 Å². The number of hydrogen-bond donors (Lipinski definition) is 1. The van der Waals surface area contributed by atoms with Crippen LogP contribution in [0.4, 0.5) is 0 Å². The van der Waals surface area contributed by atoms with Crippen LogP contribution in [0.25, 0.3) is 0 Å². The molecule has 0 aliphatic heterocycles. The van der Waals surface area contributed by atoms with E-state index in [9.17, 15) is 4.79 Å². The number of amides is 1. The highest BCUT2D eigenvalue weighted by atomic mass is 16.5. The van der Waals surface area contributed by atoms with E-state index < -0.39 is 0 Å². The number of benzene rings is 1. The van der Waals surface area contributed by atoms with Gasteiger partial charge in [0.1, 0.15) is 0 Å². The molecular weight excluding hydrogens is 306 g/mol. The van der Waals surface area contributed by atoms with Crippen molar-refractivity contribution >= 4 is 5.91 Å². The van der Waals surface area contributed by atoms with Crippen molar-refractivity contribution in [3.63, 3.8) is 0 Å². The minimum absolute atomic E-state index is 0.0826. The third-order valence-corrected chi connectivity index (χ3v) is 3.97. The quantitative estimate of drug-likeness (QED) is 0.584. The van der Waals surface area contributed by atoms with Crippen molar-refractivity contribution in [2.45, 2.75) is 58.4 Å². The van der Waals surface area contributed by atoms with Crippen molar-refractivity contribution < 1.29 is 19.0 Å². The zero-order chi connectivity index (χ0) is 17.8. The van der Waals surface area contributed by atoms with Gasteiger partial charge in [-0.1, -0.05) is 39.0 Å². The van der Waals surface area contributed by atoms with E-state index in [4.69, 9.17) is 14.2 Å². The molecule has 1 N–H and O–H groups in total. The molecule has 0 radical (unpaired) electrons. The van der Waals surface area contributed by atoms with Gasteiger partial charge in [0.15, 0.2) is 11.5 Å². The van der Waals surface area contributed by atoms with Crippen LogP contribution in [0.5, 0.6) is 17.2 Å². The average Bonchev–Trinajstić information content (AvgIpc) is 2.61. The van der Waals surface area contributed by atoms with Gasteiger partial charge in [0.25, 0.3) is 0 Å². The van der Waals surface area contributed by atoms with Crippen molar-refractivity contribution in [1.82, 2.24) is 5.32 Å². The molecule has 0 saturated heterocycles. The molecule has 0 aliphatic rings. The maximum absolute atomic E-state index is 11.9. The van der Waals surface area contributed by atoms with E-state index in [-0.39, 0.29) is 5.91 Å². The molecule has 1 amide bonds. The number of carbonyl (C=O) groups excluding carboxylic acids is 1. The molecule has 5 nitrogen and oxygen atoms in total. The van der Waals surface area contributed by atoms with E-state index in [1.807, 2.05) is 12.1 Å². The smallest absolute Gasteiger partial charge is 0.220 e. The van der Waals surface area contributed by atoms with E-state index in [1.54, 1.807) is 21.3 Å². The van der Waals surface area contributed by atoms with Gasteiger partial charge in [-0.3, -0.25) is 4.79 Å². The number of unbranched alkanes of at least 4 members (excludes halogenated alkanes) is 5. The number of carbonyl (C=O) groups is 1. The summed E-state index contributed by atoms with van der Waals surface area (Å²) >= 11 is 0. The molecule has 1 aromatic rings. The summed E-state index contributed by atoms with van der Waals surface area (Å²) in [6.45, 7) is 2.65. The molecule has 0 aliphatic carbocycles. The first-order valence-corrected chi connectivity index (χ1v) is 8.71. The number of hydrogen-bond acceptors (Lipinski definition) is 4. The lowest BCUT2D eigenvalue weighted by atomic mass is 10.1. The van der Waals surface area contributed by atoms with Crippen LogP contribution in [-0.4, -0.2) is 27.2 Å². The number of methoxy groups -OCH3 is 3. The zero-order valence-electron chi connectivity index (χ0n) is 15.4. The van der Waals surface area contributed by atoms with E-state index in [2.05, 4.69) is 12.2 Å². The van der Waals surface area contributed by atoms with E-state index >= 15 is 0 Å². The van der Waals surface area contributed by atoms with Crippen LogP contribution < -0.4 is 19.5 Å². The predicted octanol–water partition coefficient (Wildman–Crippen LogP) is 4.08. The Morgan fingerprint density at radius 3 is 2.04 bits per heavy atom. The highest BCUT2D eigenvalue weighted by molar-refractivity contribution is 5.75. The Bertz CT molecular complexity index is 477. The van der Waals surface area contributed by atoms with Crippen LogP contribution in [0.15, 0.2) is 12.1 Å². The molecule has 24 heavy (non-hydrogen) atoms. The maximum Gasteiger partial charge on any atom is 0.220 e. The second-order valence-electron chi connectivity index (χ2n) is 5.83. The lowest BCUT2D eigenvalue weighted by Gasteiger charge is -2.14. The fourth-order valence-electron chi connectivity index (χ4n) is 2.59. The third-order valence-electron chi connectivity index (χ3n) is 3.97. The lowest BCUT2D eigenvalue weighted by molar-refractivity contribution is -0.121. The van der Waals surface area contributed by atoms with Gasteiger partial charge >= 0.3 is 0 Å². The van der Waals surface area contributed by atoms with E-state index in [1.165, 1.54) is 25.7 Å². The van der Waals surface area contributed by atoms with Crippen LogP contribution in [0.3, 0.4) is 0 Å². The Morgan fingerprint density at radius 1 is 0.917 bits per heavy atom. The SMILES string of the molecule is CCCCCCCCC(=O)NCc1cc(OC)c(OC)c(OC)c1. The first-order chi connectivity index (χ1) is 11.7. The summed E-state index contributed by atoms with van der Waals surface area (Å²) in [5, 5.41) is 2.95. The normalized spacial score (nSPS) is 10.3. The molecular formula is C19H31NO4. The van der Waals surface area contributed by atoms with Gasteiger partial charge in [0.05, 0.1) is 21.3 Å². The van der Waals surface area contributed by atoms with Crippen molar-refractivity contribution in [3.05, 3.63) is 17.7 Å². The molecule has 1 aromatic carbocycles. The molecule has 0 fully saturated rings. The second-order valence-corrected chi connectivity index (χ2v) is 5.83. The van der Waals surface area contributed by atoms with Gasteiger partial charge in [-0.2, -0.15) is 0 Å². The van der Waals surface area contributed by atoms with Crippen LogP contribution in [0.2, 0.25) is 0 Å². The number of nitrogens with one attached hydrogen (secondary N) is 1. The van der Waals surface area contributed by atoms with Crippen molar-refractivity contribution in [3.8, 4) is 17.2 Å². The summed E-state index contributed by atoms with van der Waals surface area (Å²) in [6.07, 6.45) is 7.67. The Morgan fingerprint density at radius 2 is 1.50 bits per heavy atom. The van der Waals surface area contributed by atoms with Crippen molar-refractivity contribution in [2.24, 2.45) is 0 Å². The first kappa shape index (κ1) is 20.1. The van der Waals surface area contributed by atoms with Crippen molar-refractivity contribution in [1.29, 1.82) is 0 Å². The topological polar surface area (TPSA) is 56.8 Å². The fourth-order valence-corrected chi connectivity index (χ4v) is 2.59. The molecule has 0 aromatic heterocycles. The molecule has 5 heteroatoms.